The van der Waals surface area contributed by atoms with Gasteiger partial charge in [-0.05, 0) is 13.0 Å². The van der Waals surface area contributed by atoms with Gasteiger partial charge < -0.3 is 9.32 Å². The van der Waals surface area contributed by atoms with E-state index in [-0.39, 0.29) is 28.0 Å². The smallest absolute Gasteiger partial charge is 0.277 e. The lowest BCUT2D eigenvalue weighted by Crippen LogP contribution is -2.29. The summed E-state index contributed by atoms with van der Waals surface area (Å²) in [6.07, 6.45) is 0. The Bertz CT molecular complexity index is 701. The zero-order valence-electron chi connectivity index (χ0n) is 12.2. The average Bonchev–Trinajstić information content (AvgIpc) is 2.94. The van der Waals surface area contributed by atoms with E-state index in [9.17, 15) is 14.9 Å². The highest BCUT2D eigenvalue weighted by atomic mass is 32.2. The van der Waals surface area contributed by atoms with Crippen LogP contribution in [-0.2, 0) is 4.79 Å². The van der Waals surface area contributed by atoms with Gasteiger partial charge in [0.25, 0.3) is 10.9 Å². The maximum absolute atomic E-state index is 11.8. The van der Waals surface area contributed by atoms with Crippen LogP contribution < -0.4 is 0 Å². The number of nitro benzene ring substituents is 1. The molecule has 1 aromatic carbocycles. The first kappa shape index (κ1) is 16.0. The Hall–Kier alpha value is -2.42. The molecule has 0 saturated heterocycles. The molecule has 0 N–H and O–H groups in total. The predicted molar refractivity (Wildman–Crippen MR) is 80.4 cm³/mol. The molecule has 116 valence electrons. The minimum atomic E-state index is -0.493. The van der Waals surface area contributed by atoms with Crippen LogP contribution in [0.5, 0.6) is 0 Å². The van der Waals surface area contributed by atoms with Crippen molar-refractivity contribution in [1.82, 2.24) is 15.1 Å². The highest BCUT2D eigenvalue weighted by Crippen LogP contribution is 2.28. The average molecular weight is 322 g/mol. The lowest BCUT2D eigenvalue weighted by molar-refractivity contribution is -0.384. The van der Waals surface area contributed by atoms with Crippen LogP contribution in [0.4, 0.5) is 5.69 Å². The van der Waals surface area contributed by atoms with Crippen LogP contribution in [-0.4, -0.2) is 45.3 Å². The van der Waals surface area contributed by atoms with Gasteiger partial charge in [-0.3, -0.25) is 14.9 Å². The third-order valence-corrected chi connectivity index (χ3v) is 3.70. The molecule has 1 heterocycles. The third-order valence-electron chi connectivity index (χ3n) is 2.78. The lowest BCUT2D eigenvalue weighted by Gasteiger charge is -2.14. The van der Waals surface area contributed by atoms with Gasteiger partial charge in [-0.1, -0.05) is 17.8 Å². The van der Waals surface area contributed by atoms with E-state index in [0.717, 1.165) is 11.8 Å². The lowest BCUT2D eigenvalue weighted by atomic mass is 10.2. The Morgan fingerprint density at radius 2 is 2.14 bits per heavy atom. The summed E-state index contributed by atoms with van der Waals surface area (Å²) in [6.45, 7) is 1.74. The largest absolute Gasteiger partial charge is 0.411 e. The van der Waals surface area contributed by atoms with Crippen molar-refractivity contribution in [2.75, 3.05) is 14.1 Å². The maximum Gasteiger partial charge on any atom is 0.277 e. The van der Waals surface area contributed by atoms with E-state index in [0.29, 0.717) is 5.56 Å². The summed E-state index contributed by atoms with van der Waals surface area (Å²) < 4.78 is 5.45. The van der Waals surface area contributed by atoms with Gasteiger partial charge in [-0.15, -0.1) is 10.2 Å². The Morgan fingerprint density at radius 1 is 1.41 bits per heavy atom. The minimum absolute atomic E-state index is 0.0546. The molecule has 8 nitrogen and oxygen atoms in total. The fourth-order valence-electron chi connectivity index (χ4n) is 1.69. The van der Waals surface area contributed by atoms with Crippen LogP contribution in [0, 0.1) is 10.1 Å². The fraction of sp³-hybridized carbons (Fsp3) is 0.308. The summed E-state index contributed by atoms with van der Waals surface area (Å²) in [5.74, 6) is 0.107. The fourth-order valence-corrected chi connectivity index (χ4v) is 2.52. The molecule has 0 aliphatic heterocycles. The summed E-state index contributed by atoms with van der Waals surface area (Å²) in [4.78, 5) is 23.5. The second-order valence-electron chi connectivity index (χ2n) is 4.67. The number of non-ortho nitro benzene ring substituents is 1. The summed E-state index contributed by atoms with van der Waals surface area (Å²) in [7, 11) is 3.34. The number of nitrogens with zero attached hydrogens (tertiary/aromatic N) is 4. The standard InChI is InChI=1S/C13H14N4O4S/c1-8(12(18)16(2)3)22-13-15-14-11(21-13)9-5-4-6-10(7-9)17(19)20/h4-8H,1-3H3/t8-/m0/s1. The molecule has 0 fully saturated rings. The number of thioether (sulfide) groups is 1. The van der Waals surface area contributed by atoms with E-state index in [1.165, 1.54) is 17.0 Å². The summed E-state index contributed by atoms with van der Waals surface area (Å²) in [6, 6.07) is 5.93. The van der Waals surface area contributed by atoms with E-state index in [2.05, 4.69) is 10.2 Å². The highest BCUT2D eigenvalue weighted by molar-refractivity contribution is 8.00. The van der Waals surface area contributed by atoms with Crippen LogP contribution >= 0.6 is 11.8 Å². The van der Waals surface area contributed by atoms with Crippen molar-refractivity contribution in [3.05, 3.63) is 34.4 Å². The van der Waals surface area contributed by atoms with Crippen molar-refractivity contribution in [2.24, 2.45) is 0 Å². The zero-order chi connectivity index (χ0) is 16.3. The molecule has 1 aromatic heterocycles. The molecule has 1 amide bonds. The maximum atomic E-state index is 11.8. The molecule has 0 aliphatic carbocycles. The summed E-state index contributed by atoms with van der Waals surface area (Å²) in [5, 5.41) is 18.4. The van der Waals surface area contributed by atoms with Gasteiger partial charge in [0, 0.05) is 31.8 Å². The molecule has 22 heavy (non-hydrogen) atoms. The van der Waals surface area contributed by atoms with Crippen molar-refractivity contribution < 1.29 is 14.1 Å². The Balaban J connectivity index is 2.16. The molecule has 2 aromatic rings. The highest BCUT2D eigenvalue weighted by Gasteiger charge is 2.20. The molecule has 1 atom stereocenters. The predicted octanol–water partition coefficient (Wildman–Crippen LogP) is 2.21. The van der Waals surface area contributed by atoms with E-state index < -0.39 is 4.92 Å². The van der Waals surface area contributed by atoms with Gasteiger partial charge in [-0.25, -0.2) is 0 Å². The topological polar surface area (TPSA) is 102 Å². The molecule has 9 heteroatoms. The number of benzene rings is 1. The first-order chi connectivity index (χ1) is 10.4. The van der Waals surface area contributed by atoms with E-state index in [4.69, 9.17) is 4.42 Å². The van der Waals surface area contributed by atoms with Gasteiger partial charge in [0.2, 0.25) is 11.8 Å². The van der Waals surface area contributed by atoms with Gasteiger partial charge in [0.1, 0.15) is 0 Å². The second kappa shape index (κ2) is 6.56. The van der Waals surface area contributed by atoms with Gasteiger partial charge in [-0.2, -0.15) is 0 Å². The van der Waals surface area contributed by atoms with Gasteiger partial charge in [0.15, 0.2) is 0 Å². The molecular weight excluding hydrogens is 308 g/mol. The number of amides is 1. The number of hydrogen-bond donors (Lipinski definition) is 0. The van der Waals surface area contributed by atoms with Gasteiger partial charge in [0.05, 0.1) is 10.2 Å². The van der Waals surface area contributed by atoms with Crippen molar-refractivity contribution in [1.29, 1.82) is 0 Å². The number of carbonyl (C=O) groups excluding carboxylic acids is 1. The second-order valence-corrected chi connectivity index (χ2v) is 5.97. The number of hydrogen-bond acceptors (Lipinski definition) is 7. The van der Waals surface area contributed by atoms with Crippen molar-refractivity contribution in [3.63, 3.8) is 0 Å². The number of aromatic nitrogens is 2. The third kappa shape index (κ3) is 3.61. The van der Waals surface area contributed by atoms with Crippen LogP contribution in [0.25, 0.3) is 11.5 Å². The number of rotatable bonds is 5. The number of carbonyl (C=O) groups is 1. The molecule has 0 radical (unpaired) electrons. The van der Waals surface area contributed by atoms with E-state index >= 15 is 0 Å². The summed E-state index contributed by atoms with van der Waals surface area (Å²) in [5.41, 5.74) is 0.404. The van der Waals surface area contributed by atoms with Crippen LogP contribution in [0.1, 0.15) is 6.92 Å². The first-order valence-electron chi connectivity index (χ1n) is 6.34. The molecular formula is C13H14N4O4S. The van der Waals surface area contributed by atoms with E-state index in [1.807, 2.05) is 0 Å². The quantitative estimate of drug-likeness (QED) is 0.472. The Kier molecular flexibility index (Phi) is 4.76. The zero-order valence-corrected chi connectivity index (χ0v) is 13.0. The molecule has 0 bridgehead atoms. The molecule has 0 spiro atoms. The van der Waals surface area contributed by atoms with Crippen LogP contribution in [0.3, 0.4) is 0 Å². The van der Waals surface area contributed by atoms with Crippen LogP contribution in [0.2, 0.25) is 0 Å². The van der Waals surface area contributed by atoms with Crippen molar-refractivity contribution >= 4 is 23.4 Å². The van der Waals surface area contributed by atoms with Crippen LogP contribution in [0.15, 0.2) is 33.9 Å². The minimum Gasteiger partial charge on any atom is -0.411 e. The van der Waals surface area contributed by atoms with Crippen molar-refractivity contribution in [2.45, 2.75) is 17.4 Å². The SMILES string of the molecule is C[C@H](Sc1nnc(-c2cccc([N+](=O)[O-])c2)o1)C(=O)N(C)C. The first-order valence-corrected chi connectivity index (χ1v) is 7.22. The summed E-state index contributed by atoms with van der Waals surface area (Å²) >= 11 is 1.14. The normalized spacial score (nSPS) is 12.0. The Labute approximate surface area is 130 Å². The molecule has 0 saturated carbocycles. The van der Waals surface area contributed by atoms with E-state index in [1.54, 1.807) is 33.2 Å². The molecule has 2 rings (SSSR count). The number of nitro groups is 1. The van der Waals surface area contributed by atoms with Crippen molar-refractivity contribution in [3.8, 4) is 11.5 Å². The Morgan fingerprint density at radius 3 is 2.77 bits per heavy atom. The molecule has 0 unspecified atom stereocenters. The van der Waals surface area contributed by atoms with Gasteiger partial charge >= 0.3 is 0 Å². The monoisotopic (exact) mass is 322 g/mol. The molecule has 0 aliphatic rings.